The predicted octanol–water partition coefficient (Wildman–Crippen LogP) is 0.791. The third kappa shape index (κ3) is 3.53. The van der Waals surface area contributed by atoms with Gasteiger partial charge in [0.1, 0.15) is 6.33 Å². The first-order valence-electron chi connectivity index (χ1n) is 6.07. The Hall–Kier alpha value is -2.97. The Morgan fingerprint density at radius 1 is 1.38 bits per heavy atom. The number of hydrogen-bond donors (Lipinski definition) is 3. The molecule has 2 aromatic rings. The molecule has 0 aliphatic carbocycles. The van der Waals surface area contributed by atoms with Crippen molar-refractivity contribution in [3.05, 3.63) is 36.2 Å². The summed E-state index contributed by atoms with van der Waals surface area (Å²) in [7, 11) is 1.77. The maximum absolute atomic E-state index is 11.9. The van der Waals surface area contributed by atoms with Gasteiger partial charge in [0.2, 0.25) is 0 Å². The summed E-state index contributed by atoms with van der Waals surface area (Å²) < 4.78 is 1.69. The molecule has 0 saturated carbocycles. The second-order valence-electron chi connectivity index (χ2n) is 4.39. The van der Waals surface area contributed by atoms with Crippen molar-refractivity contribution in [3.63, 3.8) is 0 Å². The zero-order chi connectivity index (χ0) is 15.4. The van der Waals surface area contributed by atoms with E-state index < -0.39 is 12.0 Å². The minimum absolute atomic E-state index is 0.00542. The number of carboxylic acids is 1. The molecule has 9 nitrogen and oxygen atoms in total. The number of anilines is 1. The molecule has 21 heavy (non-hydrogen) atoms. The van der Waals surface area contributed by atoms with Gasteiger partial charge in [-0.05, 0) is 13.0 Å². The molecule has 0 aliphatic heterocycles. The van der Waals surface area contributed by atoms with E-state index in [9.17, 15) is 9.59 Å². The molecular formula is C12H14N6O3. The molecule has 0 fully saturated rings. The average Bonchev–Trinajstić information content (AvgIpc) is 2.85. The fourth-order valence-electron chi connectivity index (χ4n) is 1.74. The highest BCUT2D eigenvalue weighted by Gasteiger charge is 2.14. The van der Waals surface area contributed by atoms with Crippen LogP contribution in [0.25, 0.3) is 0 Å². The molecule has 2 heterocycles. The van der Waals surface area contributed by atoms with E-state index in [4.69, 9.17) is 5.11 Å². The number of nitrogens with zero attached hydrogens (tertiary/aromatic N) is 4. The molecule has 0 saturated heterocycles. The van der Waals surface area contributed by atoms with Gasteiger partial charge in [-0.25, -0.2) is 9.59 Å². The third-order valence-electron chi connectivity index (χ3n) is 2.72. The highest BCUT2D eigenvalue weighted by atomic mass is 16.4. The number of amides is 2. The van der Waals surface area contributed by atoms with E-state index in [1.807, 2.05) is 0 Å². The summed E-state index contributed by atoms with van der Waals surface area (Å²) in [5.74, 6) is -0.512. The lowest BCUT2D eigenvalue weighted by Crippen LogP contribution is -2.32. The van der Waals surface area contributed by atoms with Gasteiger partial charge in [-0.2, -0.15) is 0 Å². The Kier molecular flexibility index (Phi) is 4.12. The van der Waals surface area contributed by atoms with Crippen LogP contribution in [-0.4, -0.2) is 36.9 Å². The minimum Gasteiger partial charge on any atom is -0.478 e. The molecule has 9 heteroatoms. The number of carbonyl (C=O) groups excluding carboxylic acids is 1. The van der Waals surface area contributed by atoms with Crippen LogP contribution in [0.5, 0.6) is 0 Å². The Morgan fingerprint density at radius 3 is 2.76 bits per heavy atom. The second kappa shape index (κ2) is 5.99. The van der Waals surface area contributed by atoms with Gasteiger partial charge in [-0.1, -0.05) is 0 Å². The molecule has 2 aromatic heterocycles. The van der Waals surface area contributed by atoms with Gasteiger partial charge in [0.05, 0.1) is 23.5 Å². The zero-order valence-electron chi connectivity index (χ0n) is 11.4. The Labute approximate surface area is 120 Å². The van der Waals surface area contributed by atoms with E-state index in [-0.39, 0.29) is 17.3 Å². The van der Waals surface area contributed by atoms with Gasteiger partial charge in [0, 0.05) is 13.2 Å². The van der Waals surface area contributed by atoms with E-state index >= 15 is 0 Å². The van der Waals surface area contributed by atoms with E-state index in [2.05, 4.69) is 25.8 Å². The van der Waals surface area contributed by atoms with Gasteiger partial charge < -0.3 is 20.3 Å². The van der Waals surface area contributed by atoms with E-state index in [0.29, 0.717) is 5.82 Å². The summed E-state index contributed by atoms with van der Waals surface area (Å²) in [4.78, 5) is 26.4. The molecule has 1 unspecified atom stereocenters. The van der Waals surface area contributed by atoms with Gasteiger partial charge in [-0.15, -0.1) is 10.2 Å². The zero-order valence-corrected chi connectivity index (χ0v) is 11.4. The van der Waals surface area contributed by atoms with Crippen molar-refractivity contribution in [1.82, 2.24) is 25.1 Å². The van der Waals surface area contributed by atoms with Crippen LogP contribution in [0.4, 0.5) is 10.5 Å². The maximum atomic E-state index is 11.9. The standard InChI is InChI=1S/C12H14N6O3/c1-7(10-17-14-6-18(10)2)15-12(21)16-9-3-8(11(19)20)4-13-5-9/h3-7H,1-2H3,(H,19,20)(H2,15,16,21). The number of carbonyl (C=O) groups is 2. The highest BCUT2D eigenvalue weighted by Crippen LogP contribution is 2.10. The van der Waals surface area contributed by atoms with Crippen molar-refractivity contribution in [2.45, 2.75) is 13.0 Å². The Morgan fingerprint density at radius 2 is 2.14 bits per heavy atom. The molecule has 2 amide bonds. The van der Waals surface area contributed by atoms with Crippen molar-refractivity contribution in [2.75, 3.05) is 5.32 Å². The molecular weight excluding hydrogens is 276 g/mol. The molecule has 0 aromatic carbocycles. The summed E-state index contributed by atoms with van der Waals surface area (Å²) in [6.07, 6.45) is 4.10. The Balaban J connectivity index is 2.00. The quantitative estimate of drug-likeness (QED) is 0.765. The maximum Gasteiger partial charge on any atom is 0.337 e. The van der Waals surface area contributed by atoms with Crippen LogP contribution in [0.1, 0.15) is 29.1 Å². The number of nitrogens with one attached hydrogen (secondary N) is 2. The van der Waals surface area contributed by atoms with Crippen LogP contribution in [0, 0.1) is 0 Å². The topological polar surface area (TPSA) is 122 Å². The second-order valence-corrected chi connectivity index (χ2v) is 4.39. The summed E-state index contributed by atoms with van der Waals surface area (Å²) in [5, 5.41) is 21.7. The van der Waals surface area contributed by atoms with Gasteiger partial charge in [0.25, 0.3) is 0 Å². The number of pyridine rings is 1. The predicted molar refractivity (Wildman–Crippen MR) is 72.8 cm³/mol. The van der Waals surface area contributed by atoms with Crippen LogP contribution in [0.3, 0.4) is 0 Å². The average molecular weight is 290 g/mol. The fraction of sp³-hybridized carbons (Fsp3) is 0.250. The third-order valence-corrected chi connectivity index (χ3v) is 2.72. The number of hydrogen-bond acceptors (Lipinski definition) is 5. The number of aromatic nitrogens is 4. The van der Waals surface area contributed by atoms with E-state index in [0.717, 1.165) is 0 Å². The monoisotopic (exact) mass is 290 g/mol. The molecule has 0 spiro atoms. The lowest BCUT2D eigenvalue weighted by Gasteiger charge is -2.13. The molecule has 0 aliphatic rings. The number of aromatic carboxylic acids is 1. The van der Waals surface area contributed by atoms with Crippen LogP contribution in [-0.2, 0) is 7.05 Å². The number of carboxylic acid groups (broad SMARTS) is 1. The first-order valence-corrected chi connectivity index (χ1v) is 6.07. The van der Waals surface area contributed by atoms with Crippen molar-refractivity contribution < 1.29 is 14.7 Å². The molecule has 0 bridgehead atoms. The number of aryl methyl sites for hydroxylation is 1. The SMILES string of the molecule is CC(NC(=O)Nc1cncc(C(=O)O)c1)c1nncn1C. The molecule has 0 radical (unpaired) electrons. The van der Waals surface area contributed by atoms with Crippen LogP contribution >= 0.6 is 0 Å². The molecule has 1 atom stereocenters. The summed E-state index contributed by atoms with van der Waals surface area (Å²) in [6.45, 7) is 1.76. The largest absolute Gasteiger partial charge is 0.478 e. The molecule has 2 rings (SSSR count). The van der Waals surface area contributed by atoms with Crippen molar-refractivity contribution in [2.24, 2.45) is 7.05 Å². The first-order chi connectivity index (χ1) is 9.97. The van der Waals surface area contributed by atoms with Crippen molar-refractivity contribution in [3.8, 4) is 0 Å². The molecule has 3 N–H and O–H groups in total. The first kappa shape index (κ1) is 14.4. The lowest BCUT2D eigenvalue weighted by atomic mass is 10.2. The van der Waals surface area contributed by atoms with Crippen LogP contribution < -0.4 is 10.6 Å². The summed E-state index contributed by atoms with van der Waals surface area (Å²) in [5.41, 5.74) is 0.284. The summed E-state index contributed by atoms with van der Waals surface area (Å²) in [6, 6.07) is 0.477. The van der Waals surface area contributed by atoms with Crippen LogP contribution in [0.15, 0.2) is 24.8 Å². The normalized spacial score (nSPS) is 11.7. The van der Waals surface area contributed by atoms with Crippen molar-refractivity contribution >= 4 is 17.7 Å². The van der Waals surface area contributed by atoms with Crippen molar-refractivity contribution in [1.29, 1.82) is 0 Å². The van der Waals surface area contributed by atoms with Gasteiger partial charge in [-0.3, -0.25) is 4.98 Å². The van der Waals surface area contributed by atoms with E-state index in [1.54, 1.807) is 18.5 Å². The smallest absolute Gasteiger partial charge is 0.337 e. The van der Waals surface area contributed by atoms with Gasteiger partial charge >= 0.3 is 12.0 Å². The fourth-order valence-corrected chi connectivity index (χ4v) is 1.74. The minimum atomic E-state index is -1.11. The van der Waals surface area contributed by atoms with Gasteiger partial charge in [0.15, 0.2) is 5.82 Å². The Bertz CT molecular complexity index is 669. The lowest BCUT2D eigenvalue weighted by molar-refractivity contribution is 0.0696. The number of urea groups is 1. The molecule has 110 valence electrons. The number of rotatable bonds is 4. The summed E-state index contributed by atoms with van der Waals surface area (Å²) >= 11 is 0. The highest BCUT2D eigenvalue weighted by molar-refractivity contribution is 5.92. The van der Waals surface area contributed by atoms with E-state index in [1.165, 1.54) is 24.8 Å². The van der Waals surface area contributed by atoms with Crippen LogP contribution in [0.2, 0.25) is 0 Å².